The van der Waals surface area contributed by atoms with Crippen molar-refractivity contribution in [2.24, 2.45) is 5.92 Å². The SMILES string of the molecule is COCCCNC(=O)c1ccc2c(c1)C1C=CCC1C(c1ccc(Cl)c([N+](=O)[O-])c1)N2. The van der Waals surface area contributed by atoms with Crippen LogP contribution in [0.25, 0.3) is 0 Å². The number of rotatable bonds is 7. The van der Waals surface area contributed by atoms with Gasteiger partial charge in [-0.25, -0.2) is 0 Å². The first-order chi connectivity index (χ1) is 15.0. The zero-order chi connectivity index (χ0) is 22.0. The molecule has 0 saturated heterocycles. The van der Waals surface area contributed by atoms with E-state index in [1.54, 1.807) is 25.3 Å². The quantitative estimate of drug-likeness (QED) is 0.277. The summed E-state index contributed by atoms with van der Waals surface area (Å²) in [5.74, 6) is 0.235. The summed E-state index contributed by atoms with van der Waals surface area (Å²) in [7, 11) is 1.64. The van der Waals surface area contributed by atoms with Gasteiger partial charge in [0.15, 0.2) is 0 Å². The lowest BCUT2D eigenvalue weighted by Crippen LogP contribution is -2.30. The molecule has 31 heavy (non-hydrogen) atoms. The van der Waals surface area contributed by atoms with Gasteiger partial charge in [0, 0.05) is 43.5 Å². The van der Waals surface area contributed by atoms with E-state index in [1.165, 1.54) is 0 Å². The summed E-state index contributed by atoms with van der Waals surface area (Å²) in [6.45, 7) is 1.17. The van der Waals surface area contributed by atoms with Gasteiger partial charge in [-0.2, -0.15) is 0 Å². The number of methoxy groups -OCH3 is 1. The zero-order valence-electron chi connectivity index (χ0n) is 17.1. The number of carbonyl (C=O) groups excluding carboxylic acids is 1. The topological polar surface area (TPSA) is 93.5 Å². The molecule has 2 aromatic carbocycles. The Kier molecular flexibility index (Phi) is 6.25. The lowest BCUT2D eigenvalue weighted by atomic mass is 9.76. The number of nitrogens with one attached hydrogen (secondary N) is 2. The van der Waals surface area contributed by atoms with Crippen molar-refractivity contribution in [3.63, 3.8) is 0 Å². The Morgan fingerprint density at radius 1 is 1.32 bits per heavy atom. The normalized spacial score (nSPS) is 21.2. The molecule has 162 valence electrons. The van der Waals surface area contributed by atoms with Crippen molar-refractivity contribution in [1.82, 2.24) is 5.32 Å². The standard InChI is InChI=1S/C23H24ClN3O4/c1-31-11-3-10-25-23(28)15-7-9-20-18(12-15)16-4-2-5-17(16)22(26-20)14-6-8-19(24)21(13-14)27(29)30/h2,4,6-9,12-13,16-17,22,26H,3,5,10-11H2,1H3,(H,25,28). The number of anilines is 1. The first-order valence-corrected chi connectivity index (χ1v) is 10.7. The largest absolute Gasteiger partial charge is 0.385 e. The highest BCUT2D eigenvalue weighted by molar-refractivity contribution is 6.32. The number of carbonyl (C=O) groups is 1. The highest BCUT2D eigenvalue weighted by atomic mass is 35.5. The molecular weight excluding hydrogens is 418 g/mol. The molecule has 7 nitrogen and oxygen atoms in total. The first-order valence-electron chi connectivity index (χ1n) is 10.3. The predicted octanol–water partition coefficient (Wildman–Crippen LogP) is 4.84. The van der Waals surface area contributed by atoms with Crippen LogP contribution in [0.3, 0.4) is 0 Å². The first kappa shape index (κ1) is 21.3. The van der Waals surface area contributed by atoms with Crippen LogP contribution in [-0.4, -0.2) is 31.1 Å². The van der Waals surface area contributed by atoms with Gasteiger partial charge in [-0.15, -0.1) is 0 Å². The van der Waals surface area contributed by atoms with Crippen LogP contribution in [-0.2, 0) is 4.74 Å². The number of benzene rings is 2. The van der Waals surface area contributed by atoms with Crippen molar-refractivity contribution in [3.8, 4) is 0 Å². The molecule has 2 N–H and O–H groups in total. The van der Waals surface area contributed by atoms with Crippen molar-refractivity contribution < 1.29 is 14.5 Å². The summed E-state index contributed by atoms with van der Waals surface area (Å²) in [6.07, 6.45) is 5.92. The second-order valence-corrected chi connectivity index (χ2v) is 8.25. The van der Waals surface area contributed by atoms with E-state index in [-0.39, 0.29) is 34.5 Å². The van der Waals surface area contributed by atoms with Gasteiger partial charge in [0.1, 0.15) is 5.02 Å². The van der Waals surface area contributed by atoms with Crippen molar-refractivity contribution in [3.05, 3.63) is 80.4 Å². The molecule has 0 saturated carbocycles. The van der Waals surface area contributed by atoms with Crippen molar-refractivity contribution in [2.45, 2.75) is 24.8 Å². The summed E-state index contributed by atoms with van der Waals surface area (Å²) in [6, 6.07) is 10.6. The number of allylic oxidation sites excluding steroid dienone is 2. The molecule has 0 fully saturated rings. The number of nitrogens with zero attached hydrogens (tertiary/aromatic N) is 1. The average Bonchev–Trinajstić information content (AvgIpc) is 3.26. The minimum atomic E-state index is -0.454. The average molecular weight is 442 g/mol. The maximum absolute atomic E-state index is 12.5. The Balaban J connectivity index is 1.60. The van der Waals surface area contributed by atoms with E-state index >= 15 is 0 Å². The number of amides is 1. The van der Waals surface area contributed by atoms with Gasteiger partial charge in [-0.1, -0.05) is 29.8 Å². The Bertz CT molecular complexity index is 1040. The summed E-state index contributed by atoms with van der Waals surface area (Å²) in [4.78, 5) is 23.4. The van der Waals surface area contributed by atoms with Gasteiger partial charge in [-0.05, 0) is 54.2 Å². The van der Waals surface area contributed by atoms with Gasteiger partial charge in [-0.3, -0.25) is 14.9 Å². The van der Waals surface area contributed by atoms with E-state index in [0.29, 0.717) is 18.7 Å². The molecule has 0 radical (unpaired) electrons. The highest BCUT2D eigenvalue weighted by Gasteiger charge is 2.38. The number of hydrogen-bond donors (Lipinski definition) is 2. The predicted molar refractivity (Wildman–Crippen MR) is 120 cm³/mol. The Morgan fingerprint density at radius 2 is 2.16 bits per heavy atom. The van der Waals surface area contributed by atoms with Gasteiger partial charge in [0.05, 0.1) is 11.0 Å². The molecule has 1 aliphatic heterocycles. The second kappa shape index (κ2) is 9.08. The van der Waals surface area contributed by atoms with Crippen molar-refractivity contribution in [1.29, 1.82) is 0 Å². The number of hydrogen-bond acceptors (Lipinski definition) is 5. The number of nitro benzene ring substituents is 1. The fraction of sp³-hybridized carbons (Fsp3) is 0.348. The lowest BCUT2D eigenvalue weighted by molar-refractivity contribution is -0.384. The van der Waals surface area contributed by atoms with Crippen molar-refractivity contribution >= 4 is 28.9 Å². The monoisotopic (exact) mass is 441 g/mol. The molecule has 4 rings (SSSR count). The molecule has 1 heterocycles. The van der Waals surface area contributed by atoms with E-state index in [2.05, 4.69) is 22.8 Å². The van der Waals surface area contributed by atoms with Gasteiger partial charge in [0.2, 0.25) is 0 Å². The fourth-order valence-electron chi connectivity index (χ4n) is 4.45. The van der Waals surface area contributed by atoms with Crippen LogP contribution >= 0.6 is 11.6 Å². The molecule has 0 bridgehead atoms. The number of nitro groups is 1. The van der Waals surface area contributed by atoms with E-state index in [1.807, 2.05) is 18.2 Å². The minimum Gasteiger partial charge on any atom is -0.385 e. The summed E-state index contributed by atoms with van der Waals surface area (Å²) in [5.41, 5.74) is 3.38. The highest BCUT2D eigenvalue weighted by Crippen LogP contribution is 2.50. The minimum absolute atomic E-state index is 0.0859. The summed E-state index contributed by atoms with van der Waals surface area (Å²) < 4.78 is 5.01. The molecule has 1 aliphatic carbocycles. The van der Waals surface area contributed by atoms with E-state index in [0.717, 1.165) is 29.7 Å². The van der Waals surface area contributed by atoms with Crippen LogP contribution in [0.5, 0.6) is 0 Å². The molecule has 2 aromatic rings. The van der Waals surface area contributed by atoms with E-state index in [4.69, 9.17) is 16.3 Å². The maximum atomic E-state index is 12.5. The van der Waals surface area contributed by atoms with Gasteiger partial charge < -0.3 is 15.4 Å². The van der Waals surface area contributed by atoms with Crippen LogP contribution in [0.2, 0.25) is 5.02 Å². The zero-order valence-corrected chi connectivity index (χ0v) is 17.9. The van der Waals surface area contributed by atoms with Gasteiger partial charge >= 0.3 is 0 Å². The molecule has 2 aliphatic rings. The Hall–Kier alpha value is -2.90. The molecule has 1 amide bonds. The van der Waals surface area contributed by atoms with Crippen molar-refractivity contribution in [2.75, 3.05) is 25.6 Å². The van der Waals surface area contributed by atoms with E-state index in [9.17, 15) is 14.9 Å². The maximum Gasteiger partial charge on any atom is 0.288 e. The molecule has 3 unspecified atom stereocenters. The molecule has 8 heteroatoms. The van der Waals surface area contributed by atoms with Gasteiger partial charge in [0.25, 0.3) is 11.6 Å². The Morgan fingerprint density at radius 3 is 2.94 bits per heavy atom. The summed E-state index contributed by atoms with van der Waals surface area (Å²) in [5, 5.41) is 17.9. The number of fused-ring (bicyclic) bond motifs is 3. The summed E-state index contributed by atoms with van der Waals surface area (Å²) >= 11 is 6.00. The molecule has 3 atom stereocenters. The van der Waals surface area contributed by atoms with Crippen LogP contribution in [0.1, 0.15) is 46.3 Å². The molecule has 0 spiro atoms. The lowest BCUT2D eigenvalue weighted by Gasteiger charge is -2.37. The van der Waals surface area contributed by atoms with Crippen LogP contribution < -0.4 is 10.6 Å². The third kappa shape index (κ3) is 4.29. The number of halogens is 1. The Labute approximate surface area is 185 Å². The van der Waals surface area contributed by atoms with Crippen LogP contribution in [0.4, 0.5) is 11.4 Å². The third-order valence-electron chi connectivity index (χ3n) is 5.96. The van der Waals surface area contributed by atoms with Crippen LogP contribution in [0.15, 0.2) is 48.6 Å². The second-order valence-electron chi connectivity index (χ2n) is 7.85. The van der Waals surface area contributed by atoms with Crippen LogP contribution in [0, 0.1) is 16.0 Å². The molecule has 0 aromatic heterocycles. The molecular formula is C23H24ClN3O4. The van der Waals surface area contributed by atoms with E-state index < -0.39 is 4.92 Å². The third-order valence-corrected chi connectivity index (χ3v) is 6.28. The fourth-order valence-corrected chi connectivity index (χ4v) is 4.64. The smallest absolute Gasteiger partial charge is 0.288 e. The number of ether oxygens (including phenoxy) is 1.